The number of amides is 1. The summed E-state index contributed by atoms with van der Waals surface area (Å²) in [5, 5.41) is 14.6. The molecule has 2 aromatic carbocycles. The zero-order valence-electron chi connectivity index (χ0n) is 18.2. The van der Waals surface area contributed by atoms with Crippen LogP contribution in [0.4, 0.5) is 10.1 Å². The summed E-state index contributed by atoms with van der Waals surface area (Å²) in [5.41, 5.74) is 0.302. The third kappa shape index (κ3) is 5.08. The molecule has 9 nitrogen and oxygen atoms in total. The van der Waals surface area contributed by atoms with Crippen LogP contribution in [0.2, 0.25) is 0 Å². The quantitative estimate of drug-likeness (QED) is 0.490. The molecule has 0 spiro atoms. The Hall–Kier alpha value is -3.40. The van der Waals surface area contributed by atoms with Gasteiger partial charge in [-0.15, -0.1) is 0 Å². The lowest BCUT2D eigenvalue weighted by atomic mass is 10.0. The molecule has 0 radical (unpaired) electrons. The molecule has 1 saturated heterocycles. The maximum Gasteiger partial charge on any atom is 0.327 e. The fraction of sp³-hybridized carbons (Fsp3) is 0.409. The van der Waals surface area contributed by atoms with Crippen molar-refractivity contribution in [3.8, 4) is 17.2 Å². The van der Waals surface area contributed by atoms with Crippen LogP contribution < -0.4 is 19.5 Å². The van der Waals surface area contributed by atoms with E-state index < -0.39 is 16.5 Å². The van der Waals surface area contributed by atoms with E-state index in [9.17, 15) is 19.3 Å². The monoisotopic (exact) mass is 447 g/mol. The summed E-state index contributed by atoms with van der Waals surface area (Å²) in [6.45, 7) is 2.14. The van der Waals surface area contributed by atoms with Crippen molar-refractivity contribution < 1.29 is 28.3 Å². The van der Waals surface area contributed by atoms with Gasteiger partial charge in [0.15, 0.2) is 17.1 Å². The number of nitrogens with zero attached hydrogens (tertiary/aromatic N) is 2. The van der Waals surface area contributed by atoms with Gasteiger partial charge < -0.3 is 19.5 Å². The van der Waals surface area contributed by atoms with Crippen LogP contribution in [0, 0.1) is 15.9 Å². The van der Waals surface area contributed by atoms with E-state index in [1.807, 2.05) is 0 Å². The summed E-state index contributed by atoms with van der Waals surface area (Å²) in [6, 6.07) is 7.54. The van der Waals surface area contributed by atoms with E-state index in [1.165, 1.54) is 39.5 Å². The summed E-state index contributed by atoms with van der Waals surface area (Å²) in [7, 11) is 3.98. The summed E-state index contributed by atoms with van der Waals surface area (Å²) < 4.78 is 28.7. The first kappa shape index (κ1) is 23.3. The molecule has 2 aromatic rings. The molecule has 0 atom stereocenters. The zero-order chi connectivity index (χ0) is 23.3. The average Bonchev–Trinajstić information content (AvgIpc) is 2.80. The second-order valence-corrected chi connectivity index (χ2v) is 7.45. The van der Waals surface area contributed by atoms with Crippen LogP contribution >= 0.6 is 0 Å². The predicted octanol–water partition coefficient (Wildman–Crippen LogP) is 3.15. The van der Waals surface area contributed by atoms with E-state index in [0.29, 0.717) is 19.4 Å². The normalized spacial score (nSPS) is 14.6. The molecule has 1 heterocycles. The van der Waals surface area contributed by atoms with E-state index in [2.05, 4.69) is 10.2 Å². The largest absolute Gasteiger partial charge is 0.493 e. The Morgan fingerprint density at radius 3 is 2.28 bits per heavy atom. The van der Waals surface area contributed by atoms with Gasteiger partial charge in [-0.25, -0.2) is 4.39 Å². The summed E-state index contributed by atoms with van der Waals surface area (Å²) in [5.74, 6) is -0.844. The Bertz CT molecular complexity index is 975. The van der Waals surface area contributed by atoms with Crippen molar-refractivity contribution in [3.63, 3.8) is 0 Å². The Morgan fingerprint density at radius 2 is 1.75 bits per heavy atom. The first-order valence-electron chi connectivity index (χ1n) is 10.1. The Balaban J connectivity index is 1.73. The Morgan fingerprint density at radius 1 is 1.12 bits per heavy atom. The van der Waals surface area contributed by atoms with Gasteiger partial charge >= 0.3 is 5.69 Å². The van der Waals surface area contributed by atoms with Crippen LogP contribution in [0.3, 0.4) is 0 Å². The molecule has 0 aromatic heterocycles. The van der Waals surface area contributed by atoms with Crippen molar-refractivity contribution in [2.75, 3.05) is 34.4 Å². The number of benzene rings is 2. The van der Waals surface area contributed by atoms with Gasteiger partial charge in [0.1, 0.15) is 5.82 Å². The van der Waals surface area contributed by atoms with Crippen molar-refractivity contribution >= 4 is 11.6 Å². The number of rotatable bonds is 8. The number of nitro benzene ring substituents is 1. The second kappa shape index (κ2) is 10.3. The molecular weight excluding hydrogens is 421 g/mol. The van der Waals surface area contributed by atoms with E-state index in [1.54, 1.807) is 12.1 Å². The molecule has 1 aliphatic heterocycles. The lowest BCUT2D eigenvalue weighted by molar-refractivity contribution is -0.386. The van der Waals surface area contributed by atoms with Gasteiger partial charge in [0.05, 0.1) is 26.3 Å². The van der Waals surface area contributed by atoms with Crippen LogP contribution in [0.5, 0.6) is 17.2 Å². The lowest BCUT2D eigenvalue weighted by Crippen LogP contribution is -2.44. The van der Waals surface area contributed by atoms with Gasteiger partial charge in [-0.2, -0.15) is 0 Å². The number of halogens is 1. The molecule has 1 aliphatic rings. The topological polar surface area (TPSA) is 103 Å². The van der Waals surface area contributed by atoms with Gasteiger partial charge in [-0.1, -0.05) is 12.1 Å². The maximum atomic E-state index is 13.1. The molecule has 172 valence electrons. The highest BCUT2D eigenvalue weighted by molar-refractivity contribution is 6.03. The summed E-state index contributed by atoms with van der Waals surface area (Å²) in [6.07, 6.45) is 1.34. The molecule has 0 saturated carbocycles. The fourth-order valence-corrected chi connectivity index (χ4v) is 3.85. The van der Waals surface area contributed by atoms with Crippen LogP contribution in [0.15, 0.2) is 30.3 Å². The van der Waals surface area contributed by atoms with Crippen molar-refractivity contribution in [2.24, 2.45) is 0 Å². The molecule has 0 aliphatic carbocycles. The Kier molecular flexibility index (Phi) is 7.47. The SMILES string of the molecule is COc1cc(OC)c([N+](=O)[O-])c(C(=O)NC2CCN(Cc3ccc(F)cc3)CC2)c1OC. The van der Waals surface area contributed by atoms with Crippen molar-refractivity contribution in [1.29, 1.82) is 0 Å². The number of piperidine rings is 1. The Labute approximate surface area is 185 Å². The standard InChI is InChI=1S/C22H26FN3O6/c1-30-17-12-18(31-2)21(32-3)19(20(17)26(28)29)22(27)24-16-8-10-25(11-9-16)13-14-4-6-15(23)7-5-14/h4-7,12,16H,8-11,13H2,1-3H3,(H,24,27). The van der Waals surface area contributed by atoms with Crippen molar-refractivity contribution in [2.45, 2.75) is 25.4 Å². The van der Waals surface area contributed by atoms with Gasteiger partial charge in [-0.05, 0) is 30.5 Å². The van der Waals surface area contributed by atoms with Crippen LogP contribution in [0.25, 0.3) is 0 Å². The second-order valence-electron chi connectivity index (χ2n) is 7.45. The molecular formula is C22H26FN3O6. The molecule has 10 heteroatoms. The predicted molar refractivity (Wildman–Crippen MR) is 115 cm³/mol. The molecule has 0 unspecified atom stereocenters. The van der Waals surface area contributed by atoms with E-state index in [-0.39, 0.29) is 34.7 Å². The first-order valence-corrected chi connectivity index (χ1v) is 10.1. The molecule has 1 fully saturated rings. The molecule has 3 rings (SSSR count). The third-order valence-corrected chi connectivity index (χ3v) is 5.48. The number of nitro groups is 1. The van der Waals surface area contributed by atoms with Crippen LogP contribution in [-0.4, -0.2) is 56.2 Å². The minimum absolute atomic E-state index is 0.0220. The number of methoxy groups -OCH3 is 3. The van der Waals surface area contributed by atoms with Crippen LogP contribution in [0.1, 0.15) is 28.8 Å². The zero-order valence-corrected chi connectivity index (χ0v) is 18.2. The number of carbonyl (C=O) groups is 1. The lowest BCUT2D eigenvalue weighted by Gasteiger charge is -2.32. The molecule has 1 N–H and O–H groups in total. The summed E-state index contributed by atoms with van der Waals surface area (Å²) in [4.78, 5) is 26.4. The number of likely N-dealkylation sites (tertiary alicyclic amines) is 1. The van der Waals surface area contributed by atoms with Crippen molar-refractivity contribution in [3.05, 3.63) is 57.4 Å². The average molecular weight is 447 g/mol. The van der Waals surface area contributed by atoms with Crippen LogP contribution in [-0.2, 0) is 6.54 Å². The van der Waals surface area contributed by atoms with Gasteiger partial charge in [0.2, 0.25) is 5.75 Å². The van der Waals surface area contributed by atoms with E-state index in [4.69, 9.17) is 14.2 Å². The van der Waals surface area contributed by atoms with E-state index in [0.717, 1.165) is 18.7 Å². The third-order valence-electron chi connectivity index (χ3n) is 5.48. The number of hydrogen-bond acceptors (Lipinski definition) is 7. The van der Waals surface area contributed by atoms with Gasteiger partial charge in [-0.3, -0.25) is 19.8 Å². The van der Waals surface area contributed by atoms with E-state index >= 15 is 0 Å². The highest BCUT2D eigenvalue weighted by Crippen LogP contribution is 2.44. The minimum atomic E-state index is -0.666. The first-order chi connectivity index (χ1) is 15.4. The fourth-order valence-electron chi connectivity index (χ4n) is 3.85. The number of ether oxygens (including phenoxy) is 3. The highest BCUT2D eigenvalue weighted by Gasteiger charge is 2.34. The number of hydrogen-bond donors (Lipinski definition) is 1. The minimum Gasteiger partial charge on any atom is -0.493 e. The number of nitrogens with one attached hydrogen (secondary N) is 1. The molecule has 32 heavy (non-hydrogen) atoms. The van der Waals surface area contributed by atoms with Gasteiger partial charge in [0.25, 0.3) is 5.91 Å². The molecule has 1 amide bonds. The van der Waals surface area contributed by atoms with Gasteiger partial charge in [0, 0.05) is 31.7 Å². The number of carbonyl (C=O) groups excluding carboxylic acids is 1. The highest BCUT2D eigenvalue weighted by atomic mass is 19.1. The van der Waals surface area contributed by atoms with Crippen molar-refractivity contribution in [1.82, 2.24) is 10.2 Å². The maximum absolute atomic E-state index is 13.1. The smallest absolute Gasteiger partial charge is 0.327 e. The summed E-state index contributed by atoms with van der Waals surface area (Å²) >= 11 is 0. The molecule has 0 bridgehead atoms.